The number of carbonyl (C=O) groups is 1. The van der Waals surface area contributed by atoms with E-state index in [0.29, 0.717) is 5.57 Å². The average Bonchev–Trinajstić information content (AvgIpc) is 2.60. The fourth-order valence-corrected chi connectivity index (χ4v) is 2.67. The lowest BCUT2D eigenvalue weighted by Gasteiger charge is -2.09. The Hall–Kier alpha value is -3.54. The predicted molar refractivity (Wildman–Crippen MR) is 95.1 cm³/mol. The molecule has 1 heterocycles. The summed E-state index contributed by atoms with van der Waals surface area (Å²) in [5.74, 6) is -0.997. The molecule has 0 bridgehead atoms. The van der Waals surface area contributed by atoms with Crippen LogP contribution in [0.25, 0.3) is 27.5 Å². The fraction of sp³-hybridized carbons (Fsp3) is 0.0526. The van der Waals surface area contributed by atoms with Gasteiger partial charge in [-0.3, -0.25) is 15.1 Å². The third-order valence-electron chi connectivity index (χ3n) is 3.95. The third-order valence-corrected chi connectivity index (χ3v) is 3.95. The van der Waals surface area contributed by atoms with Gasteiger partial charge in [-0.25, -0.2) is 4.79 Å². The number of fused-ring (bicyclic) bond motifs is 1. The van der Waals surface area contributed by atoms with Gasteiger partial charge in [0.1, 0.15) is 0 Å². The number of nitro groups is 1. The number of rotatable bonds is 4. The Balaban J connectivity index is 2.15. The van der Waals surface area contributed by atoms with Crippen molar-refractivity contribution < 1.29 is 14.8 Å². The van der Waals surface area contributed by atoms with E-state index in [4.69, 9.17) is 5.11 Å². The molecule has 0 radical (unpaired) electrons. The highest BCUT2D eigenvalue weighted by Crippen LogP contribution is 2.31. The first-order valence-electron chi connectivity index (χ1n) is 7.50. The Morgan fingerprint density at radius 2 is 1.88 bits per heavy atom. The number of aromatic nitrogens is 1. The maximum Gasteiger partial charge on any atom is 0.328 e. The molecule has 2 aromatic carbocycles. The van der Waals surface area contributed by atoms with Gasteiger partial charge in [0.15, 0.2) is 0 Å². The van der Waals surface area contributed by atoms with Crippen molar-refractivity contribution in [1.29, 1.82) is 0 Å². The van der Waals surface area contributed by atoms with Crippen LogP contribution in [0.5, 0.6) is 0 Å². The Labute approximate surface area is 143 Å². The molecule has 0 amide bonds. The molecule has 0 saturated heterocycles. The second-order valence-electron chi connectivity index (χ2n) is 5.59. The topological polar surface area (TPSA) is 93.3 Å². The lowest BCUT2D eigenvalue weighted by atomic mass is 9.97. The van der Waals surface area contributed by atoms with Crippen molar-refractivity contribution >= 4 is 28.0 Å². The molecule has 0 aliphatic heterocycles. The number of carboxylic acid groups (broad SMARTS) is 1. The van der Waals surface area contributed by atoms with E-state index >= 15 is 0 Å². The van der Waals surface area contributed by atoms with Crippen LogP contribution in [-0.2, 0) is 4.79 Å². The molecule has 3 rings (SSSR count). The van der Waals surface area contributed by atoms with Crippen molar-refractivity contribution in [2.24, 2.45) is 0 Å². The summed E-state index contributed by atoms with van der Waals surface area (Å²) < 4.78 is 0. The van der Waals surface area contributed by atoms with Crippen LogP contribution in [0.3, 0.4) is 0 Å². The van der Waals surface area contributed by atoms with E-state index in [1.165, 1.54) is 12.1 Å². The van der Waals surface area contributed by atoms with Crippen molar-refractivity contribution in [3.63, 3.8) is 0 Å². The smallest absolute Gasteiger partial charge is 0.328 e. The second kappa shape index (κ2) is 6.52. The summed E-state index contributed by atoms with van der Waals surface area (Å²) in [6.07, 6.45) is 4.58. The molecule has 1 N–H and O–H groups in total. The number of carboxylic acids is 1. The minimum absolute atomic E-state index is 0.0258. The van der Waals surface area contributed by atoms with Crippen LogP contribution in [0.15, 0.2) is 60.9 Å². The van der Waals surface area contributed by atoms with E-state index in [1.807, 2.05) is 18.2 Å². The largest absolute Gasteiger partial charge is 0.478 e. The molecule has 6 heteroatoms. The first-order valence-corrected chi connectivity index (χ1v) is 7.50. The van der Waals surface area contributed by atoms with Crippen LogP contribution in [-0.4, -0.2) is 21.0 Å². The van der Waals surface area contributed by atoms with Gasteiger partial charge in [0.05, 0.1) is 4.92 Å². The summed E-state index contributed by atoms with van der Waals surface area (Å²) in [6, 6.07) is 11.9. The van der Waals surface area contributed by atoms with E-state index in [1.54, 1.807) is 31.5 Å². The zero-order valence-electron chi connectivity index (χ0n) is 13.3. The van der Waals surface area contributed by atoms with Crippen molar-refractivity contribution in [2.75, 3.05) is 0 Å². The van der Waals surface area contributed by atoms with Crippen LogP contribution < -0.4 is 0 Å². The number of non-ortho nitro benzene ring substituents is 1. The van der Waals surface area contributed by atoms with E-state index < -0.39 is 10.9 Å². The van der Waals surface area contributed by atoms with Gasteiger partial charge >= 0.3 is 5.97 Å². The SMILES string of the molecule is C/C(=C\C(=O)O)c1ccc2cncc(-c3ccc([N+](=O)[O-])cc3)c2c1. The fourth-order valence-electron chi connectivity index (χ4n) is 2.67. The van der Waals surface area contributed by atoms with Gasteiger partial charge in [-0.15, -0.1) is 0 Å². The Morgan fingerprint density at radius 3 is 2.52 bits per heavy atom. The van der Waals surface area contributed by atoms with E-state index in [0.717, 1.165) is 33.5 Å². The average molecular weight is 334 g/mol. The molecule has 1 aromatic heterocycles. The number of hydrogen-bond acceptors (Lipinski definition) is 4. The molecular formula is C19H14N2O4. The summed E-state index contributed by atoms with van der Waals surface area (Å²) in [7, 11) is 0. The number of pyridine rings is 1. The van der Waals surface area contributed by atoms with Gasteiger partial charge < -0.3 is 5.11 Å². The molecule has 0 saturated carbocycles. The van der Waals surface area contributed by atoms with Crippen LogP contribution in [0.2, 0.25) is 0 Å². The van der Waals surface area contributed by atoms with Crippen molar-refractivity contribution in [1.82, 2.24) is 4.98 Å². The highest BCUT2D eigenvalue weighted by atomic mass is 16.6. The Kier molecular flexibility index (Phi) is 4.26. The van der Waals surface area contributed by atoms with Gasteiger partial charge in [0.2, 0.25) is 0 Å². The van der Waals surface area contributed by atoms with Crippen LogP contribution in [0.1, 0.15) is 12.5 Å². The number of allylic oxidation sites excluding steroid dienone is 1. The first-order chi connectivity index (χ1) is 12.0. The molecule has 124 valence electrons. The zero-order chi connectivity index (χ0) is 18.0. The molecule has 0 aliphatic carbocycles. The lowest BCUT2D eigenvalue weighted by Crippen LogP contribution is -1.91. The van der Waals surface area contributed by atoms with Crippen LogP contribution in [0.4, 0.5) is 5.69 Å². The molecule has 0 spiro atoms. The van der Waals surface area contributed by atoms with E-state index in [9.17, 15) is 14.9 Å². The molecule has 0 fully saturated rings. The maximum absolute atomic E-state index is 10.9. The third kappa shape index (κ3) is 3.37. The molecule has 6 nitrogen and oxygen atoms in total. The Bertz CT molecular complexity index is 1010. The highest BCUT2D eigenvalue weighted by Gasteiger charge is 2.09. The number of benzene rings is 2. The maximum atomic E-state index is 10.9. The summed E-state index contributed by atoms with van der Waals surface area (Å²) >= 11 is 0. The van der Waals surface area contributed by atoms with Crippen LogP contribution in [0, 0.1) is 10.1 Å². The number of nitro benzene ring substituents is 1. The standard InChI is InChI=1S/C19H14N2O4/c1-12(8-19(22)23)14-2-3-15-10-20-11-18(17(15)9-14)13-4-6-16(7-5-13)21(24)25/h2-11H,1H3,(H,22,23)/b12-8+. The molecule has 0 aliphatic rings. The van der Waals surface area contributed by atoms with Gasteiger partial charge in [-0.1, -0.05) is 12.1 Å². The summed E-state index contributed by atoms with van der Waals surface area (Å²) in [5.41, 5.74) is 3.10. The summed E-state index contributed by atoms with van der Waals surface area (Å²) in [6.45, 7) is 1.74. The molecule has 25 heavy (non-hydrogen) atoms. The first kappa shape index (κ1) is 16.3. The van der Waals surface area contributed by atoms with Crippen molar-refractivity contribution in [3.05, 3.63) is 76.6 Å². The van der Waals surface area contributed by atoms with Gasteiger partial charge in [0, 0.05) is 41.6 Å². The minimum Gasteiger partial charge on any atom is -0.478 e. The summed E-state index contributed by atoms with van der Waals surface area (Å²) in [5, 5.41) is 21.5. The van der Waals surface area contributed by atoms with E-state index in [2.05, 4.69) is 4.98 Å². The van der Waals surface area contributed by atoms with Gasteiger partial charge in [-0.05, 0) is 47.2 Å². The van der Waals surface area contributed by atoms with E-state index in [-0.39, 0.29) is 5.69 Å². The molecule has 3 aromatic rings. The lowest BCUT2D eigenvalue weighted by molar-refractivity contribution is -0.384. The van der Waals surface area contributed by atoms with Crippen molar-refractivity contribution in [2.45, 2.75) is 6.92 Å². The minimum atomic E-state index is -0.997. The molecule has 0 atom stereocenters. The van der Waals surface area contributed by atoms with Gasteiger partial charge in [-0.2, -0.15) is 0 Å². The number of nitrogens with zero attached hydrogens (tertiary/aromatic N) is 2. The molecule has 0 unspecified atom stereocenters. The predicted octanol–water partition coefficient (Wildman–Crippen LogP) is 4.30. The normalized spacial score (nSPS) is 11.5. The highest BCUT2D eigenvalue weighted by molar-refractivity contribution is 5.98. The van der Waals surface area contributed by atoms with Crippen molar-refractivity contribution in [3.8, 4) is 11.1 Å². The second-order valence-corrected chi connectivity index (χ2v) is 5.59. The number of aliphatic carboxylic acids is 1. The monoisotopic (exact) mass is 334 g/mol. The van der Waals surface area contributed by atoms with Crippen LogP contribution >= 0.6 is 0 Å². The molecular weight excluding hydrogens is 320 g/mol. The van der Waals surface area contributed by atoms with Gasteiger partial charge in [0.25, 0.3) is 5.69 Å². The number of hydrogen-bond donors (Lipinski definition) is 1. The summed E-state index contributed by atoms with van der Waals surface area (Å²) in [4.78, 5) is 25.5. The quantitative estimate of drug-likeness (QED) is 0.436. The Morgan fingerprint density at radius 1 is 1.16 bits per heavy atom. The zero-order valence-corrected chi connectivity index (χ0v) is 13.3.